The van der Waals surface area contributed by atoms with E-state index in [0.29, 0.717) is 5.76 Å². The highest BCUT2D eigenvalue weighted by Crippen LogP contribution is 2.24. The normalized spacial score (nSPS) is 11.3. The van der Waals surface area contributed by atoms with Gasteiger partial charge < -0.3 is 8.98 Å². The standard InChI is InChI=1S/C27H20BrN3O2/c28-22-12-10-20(11-13-22)25-14-15-26(33-25)27(32)30-29-16-21-18-31(17-19-6-2-1-3-7-19)24-9-5-4-8-23(21)24/h1-16,18H,17H2,(H,30,32)/b29-16-. The maximum atomic E-state index is 12.5. The van der Waals surface area contributed by atoms with Crippen LogP contribution < -0.4 is 5.43 Å². The van der Waals surface area contributed by atoms with Gasteiger partial charge in [0.15, 0.2) is 5.76 Å². The van der Waals surface area contributed by atoms with Crippen LogP contribution >= 0.6 is 15.9 Å². The van der Waals surface area contributed by atoms with Gasteiger partial charge in [-0.1, -0.05) is 76.6 Å². The van der Waals surface area contributed by atoms with E-state index in [2.05, 4.69) is 55.3 Å². The highest BCUT2D eigenvalue weighted by molar-refractivity contribution is 9.10. The first-order valence-corrected chi connectivity index (χ1v) is 11.3. The lowest BCUT2D eigenvalue weighted by molar-refractivity contribution is 0.0928. The van der Waals surface area contributed by atoms with E-state index in [-0.39, 0.29) is 5.76 Å². The number of hydrazone groups is 1. The van der Waals surface area contributed by atoms with E-state index < -0.39 is 5.91 Å². The number of benzene rings is 3. The molecule has 162 valence electrons. The molecule has 0 fully saturated rings. The molecule has 0 saturated carbocycles. The largest absolute Gasteiger partial charge is 0.451 e. The van der Waals surface area contributed by atoms with E-state index in [1.807, 2.05) is 60.8 Å². The zero-order valence-corrected chi connectivity index (χ0v) is 19.2. The Morgan fingerprint density at radius 2 is 1.70 bits per heavy atom. The zero-order valence-electron chi connectivity index (χ0n) is 17.6. The molecule has 0 aliphatic carbocycles. The summed E-state index contributed by atoms with van der Waals surface area (Å²) in [4.78, 5) is 12.5. The third kappa shape index (κ3) is 4.66. The summed E-state index contributed by atoms with van der Waals surface area (Å²) in [5.41, 5.74) is 6.72. The number of rotatable bonds is 6. The SMILES string of the molecule is O=C(N/N=C\c1cn(Cc2ccccc2)c2ccccc12)c1ccc(-c2ccc(Br)cc2)o1. The fraction of sp³-hybridized carbons (Fsp3) is 0.0370. The molecule has 0 unspecified atom stereocenters. The Morgan fingerprint density at radius 3 is 2.52 bits per heavy atom. The molecule has 5 rings (SSSR count). The third-order valence-electron chi connectivity index (χ3n) is 5.34. The predicted molar refractivity (Wildman–Crippen MR) is 134 cm³/mol. The molecule has 1 amide bonds. The number of nitrogens with zero attached hydrogens (tertiary/aromatic N) is 2. The molecular formula is C27H20BrN3O2. The molecule has 5 aromatic rings. The number of nitrogens with one attached hydrogen (secondary N) is 1. The molecule has 0 spiro atoms. The van der Waals surface area contributed by atoms with Gasteiger partial charge in [0, 0.05) is 39.2 Å². The van der Waals surface area contributed by atoms with Gasteiger partial charge in [0.25, 0.3) is 0 Å². The summed E-state index contributed by atoms with van der Waals surface area (Å²) in [6.45, 7) is 0.757. The molecule has 3 aromatic carbocycles. The average Bonchev–Trinajstić information content (AvgIpc) is 3.47. The highest BCUT2D eigenvalue weighted by atomic mass is 79.9. The van der Waals surface area contributed by atoms with Gasteiger partial charge in [0.1, 0.15) is 5.76 Å². The lowest BCUT2D eigenvalue weighted by atomic mass is 10.2. The minimum atomic E-state index is -0.400. The minimum absolute atomic E-state index is 0.205. The zero-order chi connectivity index (χ0) is 22.6. The Kier molecular flexibility index (Phi) is 5.91. The maximum absolute atomic E-state index is 12.5. The number of amides is 1. The molecule has 2 heterocycles. The molecule has 2 aromatic heterocycles. The van der Waals surface area contributed by atoms with Crippen molar-refractivity contribution in [2.75, 3.05) is 0 Å². The second kappa shape index (κ2) is 9.30. The fourth-order valence-corrected chi connectivity index (χ4v) is 4.00. The van der Waals surface area contributed by atoms with E-state index in [4.69, 9.17) is 4.42 Å². The Labute approximate surface area is 199 Å². The molecule has 0 saturated heterocycles. The number of carbonyl (C=O) groups excluding carboxylic acids is 1. The van der Waals surface area contributed by atoms with Crippen molar-refractivity contribution in [2.24, 2.45) is 5.10 Å². The molecule has 5 nitrogen and oxygen atoms in total. The van der Waals surface area contributed by atoms with Crippen molar-refractivity contribution in [3.05, 3.63) is 119 Å². The van der Waals surface area contributed by atoms with Crippen LogP contribution in [0.3, 0.4) is 0 Å². The van der Waals surface area contributed by atoms with Gasteiger partial charge in [-0.25, -0.2) is 5.43 Å². The van der Waals surface area contributed by atoms with Crippen LogP contribution in [-0.2, 0) is 6.54 Å². The summed E-state index contributed by atoms with van der Waals surface area (Å²) in [5.74, 6) is 0.430. The average molecular weight is 498 g/mol. The maximum Gasteiger partial charge on any atom is 0.307 e. The van der Waals surface area contributed by atoms with E-state index in [0.717, 1.165) is 33.0 Å². The highest BCUT2D eigenvalue weighted by Gasteiger charge is 2.12. The summed E-state index contributed by atoms with van der Waals surface area (Å²) < 4.78 is 8.88. The quantitative estimate of drug-likeness (QED) is 0.215. The van der Waals surface area contributed by atoms with Crippen LogP contribution in [0.5, 0.6) is 0 Å². The number of fused-ring (bicyclic) bond motifs is 1. The number of carbonyl (C=O) groups is 1. The van der Waals surface area contributed by atoms with Gasteiger partial charge in [-0.05, 0) is 35.9 Å². The number of halogens is 1. The smallest absolute Gasteiger partial charge is 0.307 e. The van der Waals surface area contributed by atoms with Crippen LogP contribution in [0.15, 0.2) is 111 Å². The molecule has 0 radical (unpaired) electrons. The number of furan rings is 1. The van der Waals surface area contributed by atoms with Gasteiger partial charge in [-0.3, -0.25) is 4.79 Å². The predicted octanol–water partition coefficient (Wildman–Crippen LogP) is 6.48. The van der Waals surface area contributed by atoms with E-state index >= 15 is 0 Å². The van der Waals surface area contributed by atoms with Crippen molar-refractivity contribution < 1.29 is 9.21 Å². The fourth-order valence-electron chi connectivity index (χ4n) is 3.73. The second-order valence-electron chi connectivity index (χ2n) is 7.59. The van der Waals surface area contributed by atoms with Crippen LogP contribution in [0.1, 0.15) is 21.7 Å². The summed E-state index contributed by atoms with van der Waals surface area (Å²) in [7, 11) is 0. The van der Waals surface area contributed by atoms with Crippen LogP contribution in [-0.4, -0.2) is 16.7 Å². The topological polar surface area (TPSA) is 59.5 Å². The van der Waals surface area contributed by atoms with Gasteiger partial charge >= 0.3 is 5.91 Å². The number of para-hydroxylation sites is 1. The van der Waals surface area contributed by atoms with Crippen molar-refractivity contribution in [2.45, 2.75) is 6.54 Å². The minimum Gasteiger partial charge on any atom is -0.451 e. The van der Waals surface area contributed by atoms with Gasteiger partial charge in [-0.2, -0.15) is 5.10 Å². The summed E-state index contributed by atoms with van der Waals surface area (Å²) >= 11 is 3.41. The van der Waals surface area contributed by atoms with Gasteiger partial charge in [-0.15, -0.1) is 0 Å². The molecule has 0 aliphatic rings. The summed E-state index contributed by atoms with van der Waals surface area (Å²) in [5, 5.41) is 5.25. The molecule has 1 N–H and O–H groups in total. The van der Waals surface area contributed by atoms with Crippen molar-refractivity contribution in [1.29, 1.82) is 0 Å². The Morgan fingerprint density at radius 1 is 0.939 bits per heavy atom. The molecule has 33 heavy (non-hydrogen) atoms. The molecule has 0 atom stereocenters. The van der Waals surface area contributed by atoms with Gasteiger partial charge in [0.05, 0.1) is 6.21 Å². The van der Waals surface area contributed by atoms with Crippen LogP contribution in [0, 0.1) is 0 Å². The summed E-state index contributed by atoms with van der Waals surface area (Å²) in [6, 6.07) is 29.6. The summed E-state index contributed by atoms with van der Waals surface area (Å²) in [6.07, 6.45) is 3.71. The van der Waals surface area contributed by atoms with Crippen molar-refractivity contribution in [3.8, 4) is 11.3 Å². The van der Waals surface area contributed by atoms with Crippen LogP contribution in [0.2, 0.25) is 0 Å². The first kappa shape index (κ1) is 21.0. The van der Waals surface area contributed by atoms with Crippen molar-refractivity contribution in [3.63, 3.8) is 0 Å². The number of hydrogen-bond acceptors (Lipinski definition) is 3. The molecule has 6 heteroatoms. The second-order valence-corrected chi connectivity index (χ2v) is 8.50. The molecule has 0 aliphatic heterocycles. The van der Waals surface area contributed by atoms with E-state index in [9.17, 15) is 4.79 Å². The van der Waals surface area contributed by atoms with E-state index in [1.54, 1.807) is 18.3 Å². The lowest BCUT2D eigenvalue weighted by Crippen LogP contribution is -2.16. The molecule has 0 bridgehead atoms. The number of aromatic nitrogens is 1. The third-order valence-corrected chi connectivity index (χ3v) is 5.87. The first-order chi connectivity index (χ1) is 16.2. The van der Waals surface area contributed by atoms with Crippen molar-refractivity contribution >= 4 is 39.0 Å². The van der Waals surface area contributed by atoms with Crippen LogP contribution in [0.4, 0.5) is 0 Å². The Bertz CT molecular complexity index is 1430. The monoisotopic (exact) mass is 497 g/mol. The molecular weight excluding hydrogens is 478 g/mol. The van der Waals surface area contributed by atoms with Crippen LogP contribution in [0.25, 0.3) is 22.2 Å². The lowest BCUT2D eigenvalue weighted by Gasteiger charge is -2.05. The Hall–Kier alpha value is -3.90. The van der Waals surface area contributed by atoms with Crippen molar-refractivity contribution in [1.82, 2.24) is 9.99 Å². The first-order valence-electron chi connectivity index (χ1n) is 10.5. The van der Waals surface area contributed by atoms with Gasteiger partial charge in [0.2, 0.25) is 0 Å². The van der Waals surface area contributed by atoms with E-state index in [1.165, 1.54) is 5.56 Å². The Balaban J connectivity index is 1.32. The number of hydrogen-bond donors (Lipinski definition) is 1.